The Morgan fingerprint density at radius 2 is 2.15 bits per heavy atom. The number of hydrogen-bond donors (Lipinski definition) is 1. The van der Waals surface area contributed by atoms with Gasteiger partial charge in [-0.2, -0.15) is 0 Å². The number of aromatic nitrogens is 2. The Labute approximate surface area is 121 Å². The topological polar surface area (TPSA) is 39.1 Å². The van der Waals surface area contributed by atoms with Crippen LogP contribution in [0.2, 0.25) is 0 Å². The van der Waals surface area contributed by atoms with Gasteiger partial charge in [-0.3, -0.25) is 0 Å². The summed E-state index contributed by atoms with van der Waals surface area (Å²) in [7, 11) is 3.76. The van der Waals surface area contributed by atoms with Crippen LogP contribution in [0, 0.1) is 0 Å². The first-order valence-electron chi connectivity index (χ1n) is 7.40. The highest BCUT2D eigenvalue weighted by Crippen LogP contribution is 2.18. The number of benzene rings is 1. The molecule has 2 rings (SSSR count). The van der Waals surface area contributed by atoms with Gasteiger partial charge in [-0.05, 0) is 32.0 Å². The molecule has 0 bridgehead atoms. The fourth-order valence-corrected chi connectivity index (χ4v) is 2.58. The third-order valence-corrected chi connectivity index (χ3v) is 3.69. The lowest BCUT2D eigenvalue weighted by atomic mass is 10.1. The van der Waals surface area contributed by atoms with Crippen LogP contribution in [0.15, 0.2) is 24.3 Å². The number of nitrogens with zero attached hydrogens (tertiary/aromatic N) is 2. The molecule has 0 spiro atoms. The molecule has 4 heteroatoms. The fourth-order valence-electron chi connectivity index (χ4n) is 2.58. The molecule has 1 unspecified atom stereocenters. The summed E-state index contributed by atoms with van der Waals surface area (Å²) in [5.41, 5.74) is 2.34. The molecule has 0 aliphatic rings. The van der Waals surface area contributed by atoms with Gasteiger partial charge in [0.15, 0.2) is 0 Å². The van der Waals surface area contributed by atoms with Crippen molar-refractivity contribution in [3.05, 3.63) is 30.1 Å². The van der Waals surface area contributed by atoms with Crippen molar-refractivity contribution in [2.24, 2.45) is 0 Å². The molecule has 0 radical (unpaired) electrons. The van der Waals surface area contributed by atoms with Gasteiger partial charge in [0.05, 0.1) is 11.0 Å². The Morgan fingerprint density at radius 3 is 2.85 bits per heavy atom. The van der Waals surface area contributed by atoms with E-state index in [1.807, 2.05) is 7.05 Å². The van der Waals surface area contributed by atoms with E-state index in [2.05, 4.69) is 41.1 Å². The summed E-state index contributed by atoms with van der Waals surface area (Å²) >= 11 is 0. The molecular formula is C16H25N3O. The number of methoxy groups -OCH3 is 1. The maximum atomic E-state index is 5.18. The molecule has 0 saturated heterocycles. The van der Waals surface area contributed by atoms with Crippen molar-refractivity contribution in [1.82, 2.24) is 14.9 Å². The van der Waals surface area contributed by atoms with Crippen LogP contribution in [0.5, 0.6) is 0 Å². The molecule has 1 heterocycles. The number of likely N-dealkylation sites (N-methyl/N-ethyl adjacent to an activating group) is 1. The molecule has 20 heavy (non-hydrogen) atoms. The van der Waals surface area contributed by atoms with Crippen LogP contribution in [-0.2, 0) is 17.7 Å². The normalized spacial score (nSPS) is 12.9. The van der Waals surface area contributed by atoms with Gasteiger partial charge in [-0.15, -0.1) is 0 Å². The van der Waals surface area contributed by atoms with Gasteiger partial charge < -0.3 is 14.6 Å². The summed E-state index contributed by atoms with van der Waals surface area (Å²) in [4.78, 5) is 4.81. The largest absolute Gasteiger partial charge is 0.385 e. The first-order valence-corrected chi connectivity index (χ1v) is 7.40. The van der Waals surface area contributed by atoms with Crippen LogP contribution >= 0.6 is 0 Å². The number of rotatable bonds is 8. The average molecular weight is 275 g/mol. The third-order valence-electron chi connectivity index (χ3n) is 3.69. The minimum Gasteiger partial charge on any atom is -0.385 e. The maximum Gasteiger partial charge on any atom is 0.111 e. The lowest BCUT2D eigenvalue weighted by molar-refractivity contribution is 0.183. The Morgan fingerprint density at radius 1 is 1.35 bits per heavy atom. The number of hydrogen-bond acceptors (Lipinski definition) is 3. The monoisotopic (exact) mass is 275 g/mol. The fraction of sp³-hybridized carbons (Fsp3) is 0.562. The molecule has 1 atom stereocenters. The summed E-state index contributed by atoms with van der Waals surface area (Å²) in [5.74, 6) is 1.17. The predicted molar refractivity (Wildman–Crippen MR) is 83.1 cm³/mol. The van der Waals surface area contributed by atoms with Crippen molar-refractivity contribution in [1.29, 1.82) is 0 Å². The van der Waals surface area contributed by atoms with Gasteiger partial charge in [0, 0.05) is 32.7 Å². The summed E-state index contributed by atoms with van der Waals surface area (Å²) in [6.07, 6.45) is 3.06. The van der Waals surface area contributed by atoms with Crippen molar-refractivity contribution in [3.8, 4) is 0 Å². The van der Waals surface area contributed by atoms with Gasteiger partial charge in [0.2, 0.25) is 0 Å². The second-order valence-corrected chi connectivity index (χ2v) is 5.14. The van der Waals surface area contributed by atoms with Crippen molar-refractivity contribution in [3.63, 3.8) is 0 Å². The number of nitrogens with one attached hydrogen (secondary N) is 1. The smallest absolute Gasteiger partial charge is 0.111 e. The van der Waals surface area contributed by atoms with E-state index in [-0.39, 0.29) is 0 Å². The lowest BCUT2D eigenvalue weighted by Crippen LogP contribution is -2.30. The van der Waals surface area contributed by atoms with E-state index in [1.54, 1.807) is 7.11 Å². The number of imidazole rings is 1. The SMILES string of the molecule is CCCn1c(CC(CCOC)NC)nc2ccccc21. The van der Waals surface area contributed by atoms with Crippen LogP contribution in [0.1, 0.15) is 25.6 Å². The second-order valence-electron chi connectivity index (χ2n) is 5.14. The number of para-hydroxylation sites is 2. The Bertz CT molecular complexity index is 536. The summed E-state index contributed by atoms with van der Waals surface area (Å²) < 4.78 is 7.53. The molecule has 1 aromatic heterocycles. The van der Waals surface area contributed by atoms with Crippen LogP contribution in [0.3, 0.4) is 0 Å². The van der Waals surface area contributed by atoms with E-state index in [1.165, 1.54) is 11.3 Å². The highest BCUT2D eigenvalue weighted by Gasteiger charge is 2.14. The molecule has 0 aliphatic heterocycles. The first kappa shape index (κ1) is 15.0. The minimum atomic E-state index is 0.405. The van der Waals surface area contributed by atoms with Crippen LogP contribution < -0.4 is 5.32 Å². The zero-order valence-corrected chi connectivity index (χ0v) is 12.7. The standard InChI is InChI=1S/C16H25N3O/c1-4-10-19-15-8-6-5-7-14(15)18-16(19)12-13(17-2)9-11-20-3/h5-8,13,17H,4,9-12H2,1-3H3. The van der Waals surface area contributed by atoms with E-state index in [4.69, 9.17) is 9.72 Å². The molecule has 0 amide bonds. The molecule has 4 nitrogen and oxygen atoms in total. The molecule has 0 fully saturated rings. The van der Waals surface area contributed by atoms with Crippen LogP contribution in [0.25, 0.3) is 11.0 Å². The van der Waals surface area contributed by atoms with Gasteiger partial charge in [-0.25, -0.2) is 4.98 Å². The first-order chi connectivity index (χ1) is 9.80. The van der Waals surface area contributed by atoms with Gasteiger partial charge in [0.25, 0.3) is 0 Å². The number of ether oxygens (including phenoxy) is 1. The Hall–Kier alpha value is -1.39. The molecule has 0 aliphatic carbocycles. The van der Waals surface area contributed by atoms with Gasteiger partial charge >= 0.3 is 0 Å². The van der Waals surface area contributed by atoms with E-state index in [0.717, 1.165) is 37.9 Å². The molecular weight excluding hydrogens is 250 g/mol. The van der Waals surface area contributed by atoms with Crippen LogP contribution in [0.4, 0.5) is 0 Å². The zero-order chi connectivity index (χ0) is 14.4. The summed E-state index contributed by atoms with van der Waals surface area (Å²) in [6, 6.07) is 8.79. The second kappa shape index (κ2) is 7.41. The highest BCUT2D eigenvalue weighted by atomic mass is 16.5. The van der Waals surface area contributed by atoms with E-state index < -0.39 is 0 Å². The highest BCUT2D eigenvalue weighted by molar-refractivity contribution is 5.75. The maximum absolute atomic E-state index is 5.18. The zero-order valence-electron chi connectivity index (χ0n) is 12.7. The van der Waals surface area contributed by atoms with Crippen molar-refractivity contribution < 1.29 is 4.74 Å². The van der Waals surface area contributed by atoms with Crippen molar-refractivity contribution >= 4 is 11.0 Å². The van der Waals surface area contributed by atoms with E-state index in [0.29, 0.717) is 6.04 Å². The Kier molecular flexibility index (Phi) is 5.56. The van der Waals surface area contributed by atoms with Gasteiger partial charge in [0.1, 0.15) is 5.82 Å². The minimum absolute atomic E-state index is 0.405. The van der Waals surface area contributed by atoms with Crippen LogP contribution in [-0.4, -0.2) is 36.4 Å². The molecule has 0 saturated carbocycles. The summed E-state index contributed by atoms with van der Waals surface area (Å²) in [5, 5.41) is 3.37. The van der Waals surface area contributed by atoms with E-state index in [9.17, 15) is 0 Å². The third kappa shape index (κ3) is 3.38. The molecule has 1 N–H and O–H groups in total. The number of aryl methyl sites for hydroxylation is 1. The van der Waals surface area contributed by atoms with Gasteiger partial charge in [-0.1, -0.05) is 19.1 Å². The van der Waals surface area contributed by atoms with Crippen molar-refractivity contribution in [2.45, 2.75) is 38.8 Å². The van der Waals surface area contributed by atoms with E-state index >= 15 is 0 Å². The summed E-state index contributed by atoms with van der Waals surface area (Å²) in [6.45, 7) is 4.01. The average Bonchev–Trinajstić information content (AvgIpc) is 2.82. The molecule has 1 aromatic carbocycles. The lowest BCUT2D eigenvalue weighted by Gasteiger charge is -2.16. The molecule has 2 aromatic rings. The quantitative estimate of drug-likeness (QED) is 0.805. The van der Waals surface area contributed by atoms with Crippen molar-refractivity contribution in [2.75, 3.05) is 20.8 Å². The number of fused-ring (bicyclic) bond motifs is 1. The Balaban J connectivity index is 2.25. The predicted octanol–water partition coefficient (Wildman–Crippen LogP) is 2.61. The molecule has 110 valence electrons.